The van der Waals surface area contributed by atoms with E-state index < -0.39 is 10.9 Å². The Labute approximate surface area is 158 Å². The monoisotopic (exact) mass is 375 g/mol. The number of hydrogen-bond donors (Lipinski definition) is 1. The highest BCUT2D eigenvalue weighted by Gasteiger charge is 2.19. The highest BCUT2D eigenvalue weighted by Crippen LogP contribution is 2.17. The number of aliphatic imine (C=N–C) groups is 1. The summed E-state index contributed by atoms with van der Waals surface area (Å²) in [4.78, 5) is 29.8. The number of nitrogens with zero attached hydrogens (tertiary/aromatic N) is 4. The lowest BCUT2D eigenvalue weighted by Crippen LogP contribution is -2.28. The summed E-state index contributed by atoms with van der Waals surface area (Å²) < 4.78 is 4.73. The van der Waals surface area contributed by atoms with Crippen LogP contribution in [0.2, 0.25) is 0 Å². The van der Waals surface area contributed by atoms with Crippen molar-refractivity contribution >= 4 is 23.7 Å². The first-order valence-corrected chi connectivity index (χ1v) is 8.16. The van der Waals surface area contributed by atoms with Crippen LogP contribution in [-0.4, -0.2) is 68.0 Å². The molecule has 146 valence electrons. The molecule has 1 rings (SSSR count). The summed E-state index contributed by atoms with van der Waals surface area (Å²) in [6.45, 7) is 0. The number of nitro groups is 1. The Hall–Kier alpha value is -3.23. The van der Waals surface area contributed by atoms with Crippen LogP contribution in [0.25, 0.3) is 0 Å². The van der Waals surface area contributed by atoms with E-state index in [0.29, 0.717) is 17.8 Å². The number of non-ortho nitro benzene ring substituents is 1. The van der Waals surface area contributed by atoms with Crippen molar-refractivity contribution in [3.63, 3.8) is 0 Å². The zero-order valence-corrected chi connectivity index (χ0v) is 16.2. The van der Waals surface area contributed by atoms with E-state index in [1.165, 1.54) is 19.2 Å². The number of nitrogens with one attached hydrogen (secondary N) is 1. The van der Waals surface area contributed by atoms with Gasteiger partial charge >= 0.3 is 5.97 Å². The Bertz CT molecular complexity index is 752. The molecule has 0 fully saturated rings. The third-order valence-electron chi connectivity index (χ3n) is 3.66. The van der Waals surface area contributed by atoms with Crippen LogP contribution in [0.4, 0.5) is 5.69 Å². The van der Waals surface area contributed by atoms with Crippen molar-refractivity contribution in [1.29, 1.82) is 5.41 Å². The number of carbonyl (C=O) groups excluding carboxylic acids is 1. The maximum atomic E-state index is 11.8. The topological polar surface area (TPSA) is 112 Å². The van der Waals surface area contributed by atoms with Gasteiger partial charge in [0.1, 0.15) is 11.7 Å². The molecule has 1 aromatic carbocycles. The summed E-state index contributed by atoms with van der Waals surface area (Å²) in [7, 11) is 8.28. The number of rotatable bonds is 8. The van der Waals surface area contributed by atoms with Gasteiger partial charge in [0.05, 0.1) is 18.5 Å². The molecule has 0 aliphatic heterocycles. The molecule has 0 amide bonds. The van der Waals surface area contributed by atoms with Crippen LogP contribution in [0, 0.1) is 15.5 Å². The van der Waals surface area contributed by atoms with Crippen molar-refractivity contribution < 1.29 is 14.5 Å². The first-order valence-electron chi connectivity index (χ1n) is 8.16. The fourth-order valence-corrected chi connectivity index (χ4v) is 2.21. The van der Waals surface area contributed by atoms with Crippen molar-refractivity contribution in [2.24, 2.45) is 4.99 Å². The normalized spacial score (nSPS) is 11.7. The number of amidine groups is 1. The highest BCUT2D eigenvalue weighted by atomic mass is 16.6. The molecule has 0 atom stereocenters. The minimum atomic E-state index is -0.457. The van der Waals surface area contributed by atoms with Gasteiger partial charge in [-0.2, -0.15) is 0 Å². The lowest BCUT2D eigenvalue weighted by Gasteiger charge is -2.22. The minimum absolute atomic E-state index is 0.0318. The molecule has 0 aliphatic rings. The van der Waals surface area contributed by atoms with Gasteiger partial charge in [0.25, 0.3) is 5.69 Å². The molecular weight excluding hydrogens is 350 g/mol. The highest BCUT2D eigenvalue weighted by molar-refractivity contribution is 6.00. The average molecular weight is 375 g/mol. The van der Waals surface area contributed by atoms with Gasteiger partial charge in [-0.3, -0.25) is 20.3 Å². The van der Waals surface area contributed by atoms with Crippen LogP contribution in [0.15, 0.2) is 40.7 Å². The van der Waals surface area contributed by atoms with E-state index in [1.807, 2.05) is 0 Å². The number of benzene rings is 1. The van der Waals surface area contributed by atoms with E-state index in [2.05, 4.69) is 4.99 Å². The predicted octanol–water partition coefficient (Wildman–Crippen LogP) is 2.08. The second-order valence-corrected chi connectivity index (χ2v) is 6.13. The first-order chi connectivity index (χ1) is 12.7. The lowest BCUT2D eigenvalue weighted by molar-refractivity contribution is -0.384. The number of methoxy groups -OCH3 is 1. The van der Waals surface area contributed by atoms with Gasteiger partial charge in [0.2, 0.25) is 0 Å². The second kappa shape index (κ2) is 10.0. The van der Waals surface area contributed by atoms with Crippen molar-refractivity contribution in [3.8, 4) is 0 Å². The largest absolute Gasteiger partial charge is 0.469 e. The molecule has 0 saturated heterocycles. The fourth-order valence-electron chi connectivity index (χ4n) is 2.21. The van der Waals surface area contributed by atoms with Gasteiger partial charge in [-0.1, -0.05) is 12.1 Å². The summed E-state index contributed by atoms with van der Waals surface area (Å²) in [5.74, 6) is 0.180. The molecule has 0 radical (unpaired) electrons. The van der Waals surface area contributed by atoms with E-state index in [-0.39, 0.29) is 17.9 Å². The van der Waals surface area contributed by atoms with Gasteiger partial charge in [-0.25, -0.2) is 4.99 Å². The zero-order valence-electron chi connectivity index (χ0n) is 16.2. The summed E-state index contributed by atoms with van der Waals surface area (Å²) in [5, 5.41) is 19.0. The zero-order chi connectivity index (χ0) is 20.6. The Morgan fingerprint density at radius 3 is 2.26 bits per heavy atom. The number of hydrogen-bond acceptors (Lipinski definition) is 7. The fraction of sp³-hybridized carbons (Fsp3) is 0.389. The Balaban J connectivity index is 3.12. The maximum Gasteiger partial charge on any atom is 0.310 e. The second-order valence-electron chi connectivity index (χ2n) is 6.13. The van der Waals surface area contributed by atoms with Crippen LogP contribution in [0.5, 0.6) is 0 Å². The Morgan fingerprint density at radius 1 is 1.22 bits per heavy atom. The molecule has 27 heavy (non-hydrogen) atoms. The maximum absolute atomic E-state index is 11.8. The van der Waals surface area contributed by atoms with E-state index in [0.717, 1.165) is 5.56 Å². The van der Waals surface area contributed by atoms with Crippen LogP contribution >= 0.6 is 0 Å². The van der Waals surface area contributed by atoms with Crippen molar-refractivity contribution in [3.05, 3.63) is 51.3 Å². The van der Waals surface area contributed by atoms with Gasteiger partial charge < -0.3 is 14.5 Å². The molecule has 0 saturated carbocycles. The van der Waals surface area contributed by atoms with E-state index >= 15 is 0 Å². The molecule has 0 bridgehead atoms. The Kier molecular flexibility index (Phi) is 8.12. The summed E-state index contributed by atoms with van der Waals surface area (Å²) in [6.07, 6.45) is 2.03. The van der Waals surface area contributed by atoms with Crippen LogP contribution in [0.3, 0.4) is 0 Å². The standard InChI is InChI=1S/C18H25N5O4/c1-21(2)17(19)15(12-16(24)27-5)18(22(3)4)20-11-10-13-6-8-14(9-7-13)23(25)26/h6-9,11,19H,10,12H2,1-5H3/b18-15+,19-17?,20-11?. The number of esters is 1. The van der Waals surface area contributed by atoms with Gasteiger partial charge in [0, 0.05) is 58.5 Å². The number of likely N-dealkylation sites (N-methyl/N-ethyl adjacent to an activating group) is 1. The van der Waals surface area contributed by atoms with Crippen molar-refractivity contribution in [1.82, 2.24) is 9.80 Å². The summed E-state index contributed by atoms with van der Waals surface area (Å²) in [5.41, 5.74) is 1.33. The molecule has 0 aromatic heterocycles. The third kappa shape index (κ3) is 6.53. The van der Waals surface area contributed by atoms with Gasteiger partial charge in [0.15, 0.2) is 0 Å². The number of carbonyl (C=O) groups is 1. The first kappa shape index (κ1) is 21.8. The minimum Gasteiger partial charge on any atom is -0.469 e. The third-order valence-corrected chi connectivity index (χ3v) is 3.66. The van der Waals surface area contributed by atoms with Crippen LogP contribution < -0.4 is 0 Å². The van der Waals surface area contributed by atoms with Gasteiger partial charge in [-0.05, 0) is 5.56 Å². The van der Waals surface area contributed by atoms with Gasteiger partial charge in [-0.15, -0.1) is 0 Å². The molecule has 0 spiro atoms. The molecular formula is C18H25N5O4. The molecule has 0 unspecified atom stereocenters. The number of ether oxygens (including phenoxy) is 1. The molecule has 1 N–H and O–H groups in total. The average Bonchev–Trinajstić information content (AvgIpc) is 2.62. The quantitative estimate of drug-likeness (QED) is 0.245. The summed E-state index contributed by atoms with van der Waals surface area (Å²) >= 11 is 0. The molecule has 1 aromatic rings. The van der Waals surface area contributed by atoms with E-state index in [4.69, 9.17) is 10.1 Å². The molecule has 0 aliphatic carbocycles. The molecule has 9 heteroatoms. The van der Waals surface area contributed by atoms with Crippen LogP contribution in [-0.2, 0) is 16.0 Å². The van der Waals surface area contributed by atoms with E-state index in [1.54, 1.807) is 56.3 Å². The molecule has 0 heterocycles. The summed E-state index contributed by atoms with van der Waals surface area (Å²) in [6, 6.07) is 6.22. The molecule has 9 nitrogen and oxygen atoms in total. The SMILES string of the molecule is COC(=O)C/C(C(=N)N(C)C)=C(/N=CCc1ccc([N+](=O)[O-])cc1)N(C)C. The predicted molar refractivity (Wildman–Crippen MR) is 104 cm³/mol. The van der Waals surface area contributed by atoms with Crippen molar-refractivity contribution in [2.45, 2.75) is 12.8 Å². The lowest BCUT2D eigenvalue weighted by atomic mass is 10.1. The smallest absolute Gasteiger partial charge is 0.310 e. The Morgan fingerprint density at radius 2 is 1.81 bits per heavy atom. The van der Waals surface area contributed by atoms with Crippen molar-refractivity contribution in [2.75, 3.05) is 35.3 Å². The van der Waals surface area contributed by atoms with E-state index in [9.17, 15) is 14.9 Å². The van der Waals surface area contributed by atoms with Crippen LogP contribution in [0.1, 0.15) is 12.0 Å². The number of nitro benzene ring substituents is 1.